The Kier molecular flexibility index (Phi) is 5.49. The van der Waals surface area contributed by atoms with E-state index in [0.29, 0.717) is 13.2 Å². The Morgan fingerprint density at radius 1 is 1.41 bits per heavy atom. The van der Waals surface area contributed by atoms with Crippen molar-refractivity contribution in [3.63, 3.8) is 0 Å². The van der Waals surface area contributed by atoms with Crippen molar-refractivity contribution >= 4 is 5.97 Å². The van der Waals surface area contributed by atoms with Crippen molar-refractivity contribution in [2.24, 2.45) is 0 Å². The quantitative estimate of drug-likeness (QED) is 0.764. The average molecular weight is 237 g/mol. The van der Waals surface area contributed by atoms with Crippen LogP contribution >= 0.6 is 0 Å². The Morgan fingerprint density at radius 2 is 2.18 bits per heavy atom. The summed E-state index contributed by atoms with van der Waals surface area (Å²) in [7, 11) is 1.64. The van der Waals surface area contributed by atoms with E-state index in [1.165, 1.54) is 5.56 Å². The lowest BCUT2D eigenvalue weighted by molar-refractivity contribution is -0.142. The van der Waals surface area contributed by atoms with Gasteiger partial charge >= 0.3 is 5.97 Å². The SMILES string of the molecule is CCOC(=O)CNCc1cc(C)ccc1OC. The zero-order chi connectivity index (χ0) is 12.7. The van der Waals surface area contributed by atoms with Gasteiger partial charge in [-0.2, -0.15) is 0 Å². The smallest absolute Gasteiger partial charge is 0.319 e. The Bertz CT molecular complexity index is 377. The highest BCUT2D eigenvalue weighted by Gasteiger charge is 2.05. The molecule has 0 amide bonds. The van der Waals surface area contributed by atoms with Gasteiger partial charge in [-0.25, -0.2) is 0 Å². The van der Waals surface area contributed by atoms with E-state index in [-0.39, 0.29) is 12.5 Å². The molecule has 1 aromatic carbocycles. The van der Waals surface area contributed by atoms with E-state index in [4.69, 9.17) is 9.47 Å². The normalized spacial score (nSPS) is 10.1. The molecule has 94 valence electrons. The highest BCUT2D eigenvalue weighted by atomic mass is 16.5. The molecule has 1 N–H and O–H groups in total. The van der Waals surface area contributed by atoms with Crippen LogP contribution in [-0.4, -0.2) is 26.2 Å². The fourth-order valence-electron chi connectivity index (χ4n) is 1.56. The first-order valence-corrected chi connectivity index (χ1v) is 5.67. The topological polar surface area (TPSA) is 47.6 Å². The minimum Gasteiger partial charge on any atom is -0.496 e. The number of ether oxygens (including phenoxy) is 2. The maximum Gasteiger partial charge on any atom is 0.319 e. The van der Waals surface area contributed by atoms with Crippen LogP contribution < -0.4 is 10.1 Å². The van der Waals surface area contributed by atoms with Crippen LogP contribution in [0.25, 0.3) is 0 Å². The highest BCUT2D eigenvalue weighted by Crippen LogP contribution is 2.19. The van der Waals surface area contributed by atoms with Gasteiger partial charge in [0.1, 0.15) is 5.75 Å². The minimum atomic E-state index is -0.237. The Hall–Kier alpha value is -1.55. The molecule has 0 atom stereocenters. The van der Waals surface area contributed by atoms with Gasteiger partial charge in [0.2, 0.25) is 0 Å². The number of nitrogens with one attached hydrogen (secondary N) is 1. The maximum atomic E-state index is 11.1. The Morgan fingerprint density at radius 3 is 2.82 bits per heavy atom. The van der Waals surface area contributed by atoms with E-state index < -0.39 is 0 Å². The summed E-state index contributed by atoms with van der Waals surface area (Å²) in [6, 6.07) is 5.96. The lowest BCUT2D eigenvalue weighted by Gasteiger charge is -2.10. The molecule has 4 nitrogen and oxygen atoms in total. The molecular weight excluding hydrogens is 218 g/mol. The van der Waals surface area contributed by atoms with Crippen LogP contribution in [-0.2, 0) is 16.1 Å². The van der Waals surface area contributed by atoms with Crippen molar-refractivity contribution < 1.29 is 14.3 Å². The first-order chi connectivity index (χ1) is 8.17. The minimum absolute atomic E-state index is 0.213. The standard InChI is InChI=1S/C13H19NO3/c1-4-17-13(15)9-14-8-11-7-10(2)5-6-12(11)16-3/h5-7,14H,4,8-9H2,1-3H3. The van der Waals surface area contributed by atoms with Crippen LogP contribution in [0.3, 0.4) is 0 Å². The summed E-state index contributed by atoms with van der Waals surface area (Å²) in [6.07, 6.45) is 0. The maximum absolute atomic E-state index is 11.1. The number of aryl methyl sites for hydroxylation is 1. The Labute approximate surface area is 102 Å². The third-order valence-corrected chi connectivity index (χ3v) is 2.33. The zero-order valence-electron chi connectivity index (χ0n) is 10.6. The molecule has 0 aliphatic rings. The van der Waals surface area contributed by atoms with E-state index >= 15 is 0 Å². The van der Waals surface area contributed by atoms with Crippen LogP contribution in [0.2, 0.25) is 0 Å². The molecule has 0 unspecified atom stereocenters. The van der Waals surface area contributed by atoms with Gasteiger partial charge in [0.05, 0.1) is 20.3 Å². The van der Waals surface area contributed by atoms with Crippen LogP contribution in [0.4, 0.5) is 0 Å². The van der Waals surface area contributed by atoms with Gasteiger partial charge < -0.3 is 14.8 Å². The fraction of sp³-hybridized carbons (Fsp3) is 0.462. The summed E-state index contributed by atoms with van der Waals surface area (Å²) in [5.41, 5.74) is 2.20. The number of esters is 1. The molecule has 0 saturated heterocycles. The molecular formula is C13H19NO3. The van der Waals surface area contributed by atoms with Crippen LogP contribution in [0, 0.1) is 6.92 Å². The van der Waals surface area contributed by atoms with Gasteiger partial charge in [-0.05, 0) is 19.9 Å². The molecule has 0 fully saturated rings. The number of carbonyl (C=O) groups is 1. The molecule has 0 radical (unpaired) electrons. The summed E-state index contributed by atoms with van der Waals surface area (Å²) in [4.78, 5) is 11.1. The molecule has 1 aromatic rings. The second kappa shape index (κ2) is 6.91. The number of hydrogen-bond acceptors (Lipinski definition) is 4. The van der Waals surface area contributed by atoms with Crippen molar-refractivity contribution in [2.75, 3.05) is 20.3 Å². The van der Waals surface area contributed by atoms with Crippen LogP contribution in [0.5, 0.6) is 5.75 Å². The summed E-state index contributed by atoms with van der Waals surface area (Å²) < 4.78 is 10.1. The third-order valence-electron chi connectivity index (χ3n) is 2.33. The van der Waals surface area contributed by atoms with Gasteiger partial charge in [-0.3, -0.25) is 4.79 Å². The first-order valence-electron chi connectivity index (χ1n) is 5.67. The predicted octanol–water partition coefficient (Wildman–Crippen LogP) is 1.66. The molecule has 1 rings (SSSR count). The van der Waals surface area contributed by atoms with Crippen molar-refractivity contribution in [2.45, 2.75) is 20.4 Å². The summed E-state index contributed by atoms with van der Waals surface area (Å²) in [6.45, 7) is 5.03. The molecule has 0 saturated carbocycles. The summed E-state index contributed by atoms with van der Waals surface area (Å²) >= 11 is 0. The molecule has 0 spiro atoms. The largest absolute Gasteiger partial charge is 0.496 e. The number of methoxy groups -OCH3 is 1. The number of rotatable bonds is 6. The van der Waals surface area contributed by atoms with Gasteiger partial charge in [0, 0.05) is 12.1 Å². The molecule has 0 heterocycles. The van der Waals surface area contributed by atoms with E-state index in [9.17, 15) is 4.79 Å². The van der Waals surface area contributed by atoms with Crippen molar-refractivity contribution in [3.8, 4) is 5.75 Å². The third kappa shape index (κ3) is 4.44. The summed E-state index contributed by atoms with van der Waals surface area (Å²) in [5, 5.41) is 3.03. The molecule has 0 aromatic heterocycles. The number of benzene rings is 1. The van der Waals surface area contributed by atoms with Gasteiger partial charge in [0.15, 0.2) is 0 Å². The van der Waals surface area contributed by atoms with Gasteiger partial charge in [-0.15, -0.1) is 0 Å². The molecule has 0 aliphatic heterocycles. The van der Waals surface area contributed by atoms with E-state index in [0.717, 1.165) is 11.3 Å². The van der Waals surface area contributed by atoms with Crippen molar-refractivity contribution in [1.29, 1.82) is 0 Å². The monoisotopic (exact) mass is 237 g/mol. The predicted molar refractivity (Wildman–Crippen MR) is 66.1 cm³/mol. The highest BCUT2D eigenvalue weighted by molar-refractivity contribution is 5.71. The zero-order valence-corrected chi connectivity index (χ0v) is 10.6. The van der Waals surface area contributed by atoms with Crippen LogP contribution in [0.1, 0.15) is 18.1 Å². The van der Waals surface area contributed by atoms with Crippen molar-refractivity contribution in [3.05, 3.63) is 29.3 Å². The van der Waals surface area contributed by atoms with E-state index in [1.807, 2.05) is 25.1 Å². The van der Waals surface area contributed by atoms with E-state index in [2.05, 4.69) is 5.32 Å². The van der Waals surface area contributed by atoms with Gasteiger partial charge in [-0.1, -0.05) is 17.7 Å². The average Bonchev–Trinajstić information content (AvgIpc) is 2.30. The lowest BCUT2D eigenvalue weighted by Crippen LogP contribution is -2.24. The second-order valence-electron chi connectivity index (χ2n) is 3.72. The fourth-order valence-corrected chi connectivity index (χ4v) is 1.56. The lowest BCUT2D eigenvalue weighted by atomic mass is 10.1. The molecule has 0 aliphatic carbocycles. The van der Waals surface area contributed by atoms with E-state index in [1.54, 1.807) is 14.0 Å². The molecule has 17 heavy (non-hydrogen) atoms. The molecule has 0 bridgehead atoms. The number of carbonyl (C=O) groups excluding carboxylic acids is 1. The number of hydrogen-bond donors (Lipinski definition) is 1. The summed E-state index contributed by atoms with van der Waals surface area (Å²) in [5.74, 6) is 0.589. The van der Waals surface area contributed by atoms with Crippen molar-refractivity contribution in [1.82, 2.24) is 5.32 Å². The molecule has 4 heteroatoms. The van der Waals surface area contributed by atoms with Crippen LogP contribution in [0.15, 0.2) is 18.2 Å². The van der Waals surface area contributed by atoms with Gasteiger partial charge in [0.25, 0.3) is 0 Å². The second-order valence-corrected chi connectivity index (χ2v) is 3.72. The Balaban J connectivity index is 2.50. The first kappa shape index (κ1) is 13.5.